The third kappa shape index (κ3) is 3.53. The molecule has 0 saturated carbocycles. The van der Waals surface area contributed by atoms with Crippen molar-refractivity contribution in [3.63, 3.8) is 0 Å². The van der Waals surface area contributed by atoms with Gasteiger partial charge in [-0.3, -0.25) is 15.0 Å². The maximum Gasteiger partial charge on any atom is 0.132 e. The van der Waals surface area contributed by atoms with Crippen molar-refractivity contribution in [3.05, 3.63) is 65.6 Å². The number of hydrogen-bond acceptors (Lipinski definition) is 5. The Bertz CT molecular complexity index is 1300. The van der Waals surface area contributed by atoms with E-state index < -0.39 is 0 Å². The van der Waals surface area contributed by atoms with Crippen LogP contribution in [-0.4, -0.2) is 53.0 Å². The second-order valence-electron chi connectivity index (χ2n) is 8.30. The molecule has 0 saturated heterocycles. The van der Waals surface area contributed by atoms with E-state index in [1.54, 1.807) is 18.3 Å². The summed E-state index contributed by atoms with van der Waals surface area (Å²) in [6, 6.07) is 13.2. The summed E-state index contributed by atoms with van der Waals surface area (Å²) in [4.78, 5) is 6.90. The minimum Gasteiger partial charge on any atom is -0.491 e. The van der Waals surface area contributed by atoms with Crippen LogP contribution in [-0.2, 0) is 17.7 Å². The van der Waals surface area contributed by atoms with Gasteiger partial charge in [0, 0.05) is 36.1 Å². The summed E-state index contributed by atoms with van der Waals surface area (Å²) < 4.78 is 26.3. The SMILES string of the molecule is Fc1ccc2cc1-c1cc3c(n[nH]c3cn1)-c1ccc3c(c1)CN(CCOCCO2)CC3. The highest BCUT2D eigenvalue weighted by atomic mass is 19.1. The number of aromatic amines is 1. The lowest BCUT2D eigenvalue weighted by molar-refractivity contribution is 0.0766. The maximum absolute atomic E-state index is 14.7. The summed E-state index contributed by atoms with van der Waals surface area (Å²) in [6.45, 7) is 4.37. The topological polar surface area (TPSA) is 63.3 Å². The van der Waals surface area contributed by atoms with E-state index in [4.69, 9.17) is 9.47 Å². The average Bonchev–Trinajstić information content (AvgIpc) is 3.24. The van der Waals surface area contributed by atoms with Gasteiger partial charge in [-0.1, -0.05) is 12.1 Å². The molecule has 1 atom stereocenters. The fourth-order valence-corrected chi connectivity index (χ4v) is 4.54. The van der Waals surface area contributed by atoms with Crippen molar-refractivity contribution in [1.82, 2.24) is 20.1 Å². The summed E-state index contributed by atoms with van der Waals surface area (Å²) in [7, 11) is 0. The summed E-state index contributed by atoms with van der Waals surface area (Å²) in [5.41, 5.74) is 6.37. The smallest absolute Gasteiger partial charge is 0.132 e. The average molecular weight is 430 g/mol. The molecule has 162 valence electrons. The molecule has 2 aliphatic heterocycles. The second kappa shape index (κ2) is 8.00. The van der Waals surface area contributed by atoms with E-state index >= 15 is 0 Å². The lowest BCUT2D eigenvalue weighted by Gasteiger charge is -2.29. The minimum atomic E-state index is -0.339. The molecule has 32 heavy (non-hydrogen) atoms. The number of nitrogens with one attached hydrogen (secondary N) is 1. The first-order chi connectivity index (χ1) is 15.7. The van der Waals surface area contributed by atoms with E-state index in [1.165, 1.54) is 17.2 Å². The Hall–Kier alpha value is -3.29. The molecule has 1 N–H and O–H groups in total. The van der Waals surface area contributed by atoms with Crippen molar-refractivity contribution in [2.24, 2.45) is 0 Å². The van der Waals surface area contributed by atoms with Crippen LogP contribution in [0, 0.1) is 5.82 Å². The first-order valence-corrected chi connectivity index (χ1v) is 10.9. The Balaban J connectivity index is 1.49. The van der Waals surface area contributed by atoms with Crippen molar-refractivity contribution in [2.45, 2.75) is 13.0 Å². The Morgan fingerprint density at radius 1 is 0.969 bits per heavy atom. The molecule has 0 fully saturated rings. The van der Waals surface area contributed by atoms with E-state index in [9.17, 15) is 4.39 Å². The van der Waals surface area contributed by atoms with Gasteiger partial charge in [-0.25, -0.2) is 4.39 Å². The van der Waals surface area contributed by atoms with Crippen LogP contribution in [0.2, 0.25) is 0 Å². The molecule has 1 unspecified atom stereocenters. The molecule has 2 aromatic carbocycles. The number of fused-ring (bicyclic) bond motifs is 7. The van der Waals surface area contributed by atoms with Crippen molar-refractivity contribution in [1.29, 1.82) is 0 Å². The maximum atomic E-state index is 14.7. The Labute approximate surface area is 185 Å². The van der Waals surface area contributed by atoms with Gasteiger partial charge in [0.15, 0.2) is 0 Å². The zero-order chi connectivity index (χ0) is 21.5. The van der Waals surface area contributed by atoms with Crippen LogP contribution >= 0.6 is 0 Å². The lowest BCUT2D eigenvalue weighted by Crippen LogP contribution is -2.33. The van der Waals surface area contributed by atoms with Crippen LogP contribution in [0.3, 0.4) is 0 Å². The van der Waals surface area contributed by atoms with Gasteiger partial charge >= 0.3 is 0 Å². The molecular formula is C25H23FN4O2. The van der Waals surface area contributed by atoms with E-state index in [0.29, 0.717) is 36.8 Å². The lowest BCUT2D eigenvalue weighted by atomic mass is 9.95. The summed E-state index contributed by atoms with van der Waals surface area (Å²) in [5.74, 6) is 0.255. The van der Waals surface area contributed by atoms with Gasteiger partial charge in [0.2, 0.25) is 0 Å². The Morgan fingerprint density at radius 2 is 1.94 bits per heavy atom. The van der Waals surface area contributed by atoms with Gasteiger partial charge in [0.05, 0.1) is 30.6 Å². The third-order valence-corrected chi connectivity index (χ3v) is 6.28. The van der Waals surface area contributed by atoms with Crippen LogP contribution in [0.4, 0.5) is 4.39 Å². The molecule has 6 nitrogen and oxygen atoms in total. The highest BCUT2D eigenvalue weighted by Gasteiger charge is 2.19. The number of hydrogen-bond donors (Lipinski definition) is 1. The first-order valence-electron chi connectivity index (χ1n) is 10.9. The van der Waals surface area contributed by atoms with E-state index in [0.717, 1.165) is 48.2 Å². The van der Waals surface area contributed by atoms with Crippen LogP contribution in [0.25, 0.3) is 33.4 Å². The van der Waals surface area contributed by atoms with Crippen LogP contribution < -0.4 is 4.74 Å². The predicted octanol–water partition coefficient (Wildman–Crippen LogP) is 4.20. The Morgan fingerprint density at radius 3 is 2.91 bits per heavy atom. The molecule has 7 bridgehead atoms. The highest BCUT2D eigenvalue weighted by molar-refractivity contribution is 5.94. The van der Waals surface area contributed by atoms with E-state index in [1.807, 2.05) is 6.07 Å². The summed E-state index contributed by atoms with van der Waals surface area (Å²) in [6.07, 6.45) is 2.74. The zero-order valence-electron chi connectivity index (χ0n) is 17.6. The quantitative estimate of drug-likeness (QED) is 0.453. The fraction of sp³-hybridized carbons (Fsp3) is 0.280. The number of aromatic nitrogens is 3. The molecule has 0 aliphatic carbocycles. The second-order valence-corrected chi connectivity index (χ2v) is 8.30. The largest absolute Gasteiger partial charge is 0.491 e. The van der Waals surface area contributed by atoms with Gasteiger partial charge in [-0.05, 0) is 47.9 Å². The molecule has 2 aromatic heterocycles. The molecule has 0 amide bonds. The van der Waals surface area contributed by atoms with Gasteiger partial charge in [-0.15, -0.1) is 0 Å². The van der Waals surface area contributed by atoms with Crippen LogP contribution in [0.1, 0.15) is 11.1 Å². The van der Waals surface area contributed by atoms with Crippen molar-refractivity contribution in [2.75, 3.05) is 32.9 Å². The number of pyridine rings is 1. The fourth-order valence-electron chi connectivity index (χ4n) is 4.54. The molecular weight excluding hydrogens is 407 g/mol. The van der Waals surface area contributed by atoms with Crippen molar-refractivity contribution in [3.8, 4) is 28.3 Å². The van der Waals surface area contributed by atoms with Gasteiger partial charge < -0.3 is 9.47 Å². The number of ether oxygens (including phenoxy) is 2. The number of halogens is 1. The molecule has 4 aromatic rings. The third-order valence-electron chi connectivity index (χ3n) is 6.28. The van der Waals surface area contributed by atoms with E-state index in [2.05, 4.69) is 38.3 Å². The molecule has 4 heterocycles. The van der Waals surface area contributed by atoms with E-state index in [-0.39, 0.29) is 5.82 Å². The van der Waals surface area contributed by atoms with Crippen molar-refractivity contribution >= 4 is 10.9 Å². The highest BCUT2D eigenvalue weighted by Crippen LogP contribution is 2.33. The van der Waals surface area contributed by atoms with Gasteiger partial charge in [0.1, 0.15) is 23.9 Å². The molecule has 0 spiro atoms. The number of H-pyrrole nitrogens is 1. The normalized spacial score (nSPS) is 18.3. The minimum absolute atomic E-state index is 0.339. The van der Waals surface area contributed by atoms with Crippen LogP contribution in [0.15, 0.2) is 48.7 Å². The monoisotopic (exact) mass is 430 g/mol. The van der Waals surface area contributed by atoms with Gasteiger partial charge in [-0.2, -0.15) is 5.10 Å². The zero-order valence-corrected chi connectivity index (χ0v) is 17.6. The predicted molar refractivity (Wildman–Crippen MR) is 120 cm³/mol. The van der Waals surface area contributed by atoms with Crippen LogP contribution in [0.5, 0.6) is 5.75 Å². The summed E-state index contributed by atoms with van der Waals surface area (Å²) >= 11 is 0. The van der Waals surface area contributed by atoms with Gasteiger partial charge in [0.25, 0.3) is 0 Å². The molecule has 6 rings (SSSR count). The molecule has 7 heteroatoms. The number of rotatable bonds is 0. The molecule has 0 radical (unpaired) electrons. The Kier molecular flexibility index (Phi) is 4.85. The first kappa shape index (κ1) is 19.4. The standard InChI is InChI=1S/C25H23FN4O2/c26-22-4-3-19-12-20(22)23-13-21-24(14-27-23)28-29-25(21)17-2-1-16-5-6-30(15-18(16)11-17)7-8-31-9-10-32-19/h1-4,11-14H,5-10,15H2,(H,28,29). The number of nitrogens with zero attached hydrogens (tertiary/aromatic N) is 3. The van der Waals surface area contributed by atoms with Crippen molar-refractivity contribution < 1.29 is 13.9 Å². The summed E-state index contributed by atoms with van der Waals surface area (Å²) in [5, 5.41) is 8.56. The molecule has 2 aliphatic rings. The number of benzene rings is 2.